The molecule has 0 spiro atoms. The molecule has 1 amide bonds. The van der Waals surface area contributed by atoms with Crippen molar-refractivity contribution >= 4 is 5.91 Å². The predicted octanol–water partition coefficient (Wildman–Crippen LogP) is 1.73. The van der Waals surface area contributed by atoms with Gasteiger partial charge in [-0.15, -0.1) is 0 Å². The first-order chi connectivity index (χ1) is 13.0. The van der Waals surface area contributed by atoms with E-state index in [0.717, 1.165) is 5.56 Å². The largest absolute Gasteiger partial charge is 0.385 e. The highest BCUT2D eigenvalue weighted by atomic mass is 19.1. The Kier molecular flexibility index (Phi) is 4.23. The summed E-state index contributed by atoms with van der Waals surface area (Å²) in [6.07, 6.45) is 5.16. The molecule has 0 aromatic carbocycles. The fraction of sp³-hybridized carbons (Fsp3) is 0.333. The van der Waals surface area contributed by atoms with Crippen LogP contribution in [0.5, 0.6) is 0 Å². The summed E-state index contributed by atoms with van der Waals surface area (Å²) in [7, 11) is 1.78. The van der Waals surface area contributed by atoms with Crippen molar-refractivity contribution in [3.8, 4) is 11.3 Å². The normalized spacial score (nSPS) is 16.5. The van der Waals surface area contributed by atoms with E-state index in [1.165, 1.54) is 12.3 Å². The molecule has 0 aliphatic carbocycles. The van der Waals surface area contributed by atoms with E-state index in [1.807, 2.05) is 0 Å². The zero-order valence-electron chi connectivity index (χ0n) is 14.7. The Morgan fingerprint density at radius 1 is 1.37 bits per heavy atom. The van der Waals surface area contributed by atoms with E-state index in [9.17, 15) is 14.3 Å². The molecule has 0 saturated carbocycles. The number of aromatic nitrogens is 4. The number of nitrogens with zero attached hydrogens (tertiary/aromatic N) is 5. The summed E-state index contributed by atoms with van der Waals surface area (Å²) in [5.41, 5.74) is -0.256. The number of rotatable bonds is 3. The number of hydrogen-bond acceptors (Lipinski definition) is 6. The number of aliphatic hydroxyl groups is 1. The summed E-state index contributed by atoms with van der Waals surface area (Å²) >= 11 is 0. The maximum absolute atomic E-state index is 13.9. The fourth-order valence-corrected chi connectivity index (χ4v) is 3.30. The van der Waals surface area contributed by atoms with Crippen molar-refractivity contribution < 1.29 is 18.8 Å². The highest BCUT2D eigenvalue weighted by Gasteiger charge is 2.38. The number of carbonyl (C=O) groups is 1. The molecule has 8 nitrogen and oxygen atoms in total. The second kappa shape index (κ2) is 6.58. The number of halogens is 1. The van der Waals surface area contributed by atoms with Crippen molar-refractivity contribution in [3.63, 3.8) is 0 Å². The van der Waals surface area contributed by atoms with Crippen LogP contribution in [0.25, 0.3) is 11.3 Å². The van der Waals surface area contributed by atoms with Crippen LogP contribution in [-0.4, -0.2) is 48.9 Å². The Morgan fingerprint density at radius 2 is 2.15 bits per heavy atom. The minimum atomic E-state index is -1.33. The molecule has 4 rings (SSSR count). The molecule has 1 fully saturated rings. The second-order valence-corrected chi connectivity index (χ2v) is 6.64. The lowest BCUT2D eigenvalue weighted by Gasteiger charge is -2.38. The van der Waals surface area contributed by atoms with Crippen LogP contribution in [0.15, 0.2) is 41.3 Å². The molecule has 0 unspecified atom stereocenters. The first-order valence-electron chi connectivity index (χ1n) is 8.55. The average molecular weight is 371 g/mol. The van der Waals surface area contributed by atoms with Gasteiger partial charge in [0.2, 0.25) is 5.95 Å². The lowest BCUT2D eigenvalue weighted by Crippen LogP contribution is -2.45. The molecular weight excluding hydrogens is 353 g/mol. The second-order valence-electron chi connectivity index (χ2n) is 6.64. The van der Waals surface area contributed by atoms with Gasteiger partial charge in [-0.25, -0.2) is 4.98 Å². The SMILES string of the molecule is Cn1cc(-c2cc(C(=O)N3CCC(O)(c4cccnc4F)CC3)no2)cn1. The van der Waals surface area contributed by atoms with Crippen LogP contribution in [0.3, 0.4) is 0 Å². The maximum atomic E-state index is 13.9. The van der Waals surface area contributed by atoms with Crippen LogP contribution < -0.4 is 0 Å². The van der Waals surface area contributed by atoms with Crippen LogP contribution in [0.2, 0.25) is 0 Å². The number of hydrogen-bond donors (Lipinski definition) is 1. The Labute approximate surface area is 154 Å². The van der Waals surface area contributed by atoms with Crippen LogP contribution >= 0.6 is 0 Å². The summed E-state index contributed by atoms with van der Waals surface area (Å²) in [6.45, 7) is 0.553. The topological polar surface area (TPSA) is 97.3 Å². The first-order valence-corrected chi connectivity index (χ1v) is 8.55. The van der Waals surface area contributed by atoms with Crippen LogP contribution in [-0.2, 0) is 12.6 Å². The highest BCUT2D eigenvalue weighted by molar-refractivity contribution is 5.93. The Hall–Kier alpha value is -3.07. The standard InChI is InChI=1S/C18H18FN5O3/c1-23-11-12(10-21-23)15-9-14(22-27-15)17(25)24-7-4-18(26,5-8-24)13-3-2-6-20-16(13)19/h2-3,6,9-11,26H,4-5,7-8H2,1H3. The van der Waals surface area contributed by atoms with Gasteiger partial charge in [0.15, 0.2) is 11.5 Å². The van der Waals surface area contributed by atoms with E-state index in [0.29, 0.717) is 5.76 Å². The number of piperidine rings is 1. The molecule has 0 atom stereocenters. The predicted molar refractivity (Wildman–Crippen MR) is 91.9 cm³/mol. The van der Waals surface area contributed by atoms with Crippen molar-refractivity contribution in [2.45, 2.75) is 18.4 Å². The quantitative estimate of drug-likeness (QED) is 0.705. The molecule has 0 bridgehead atoms. The fourth-order valence-electron chi connectivity index (χ4n) is 3.30. The van der Waals surface area contributed by atoms with Gasteiger partial charge < -0.3 is 14.5 Å². The van der Waals surface area contributed by atoms with Crippen molar-refractivity contribution in [1.29, 1.82) is 0 Å². The summed E-state index contributed by atoms with van der Waals surface area (Å²) in [4.78, 5) is 17.9. The molecule has 140 valence electrons. The summed E-state index contributed by atoms with van der Waals surface area (Å²) in [5.74, 6) is -0.516. The van der Waals surface area contributed by atoms with Gasteiger partial charge in [0, 0.05) is 44.2 Å². The minimum absolute atomic E-state index is 0.164. The molecule has 27 heavy (non-hydrogen) atoms. The van der Waals surface area contributed by atoms with Gasteiger partial charge in [0.05, 0.1) is 17.4 Å². The van der Waals surface area contributed by atoms with Crippen LogP contribution in [0.1, 0.15) is 28.9 Å². The molecule has 3 aromatic heterocycles. The zero-order valence-corrected chi connectivity index (χ0v) is 14.7. The summed E-state index contributed by atoms with van der Waals surface area (Å²) in [6, 6.07) is 4.68. The van der Waals surface area contributed by atoms with Gasteiger partial charge >= 0.3 is 0 Å². The van der Waals surface area contributed by atoms with Gasteiger partial charge in [-0.3, -0.25) is 9.48 Å². The molecule has 0 radical (unpaired) electrons. The van der Waals surface area contributed by atoms with Gasteiger partial charge in [-0.2, -0.15) is 9.49 Å². The van der Waals surface area contributed by atoms with Crippen LogP contribution in [0.4, 0.5) is 4.39 Å². The highest BCUT2D eigenvalue weighted by Crippen LogP contribution is 2.34. The third-order valence-electron chi connectivity index (χ3n) is 4.86. The van der Waals surface area contributed by atoms with Gasteiger partial charge in [0.25, 0.3) is 5.91 Å². The summed E-state index contributed by atoms with van der Waals surface area (Å²) < 4.78 is 20.8. The number of aryl methyl sites for hydroxylation is 1. The van der Waals surface area contributed by atoms with Gasteiger partial charge in [-0.05, 0) is 18.9 Å². The molecule has 1 aliphatic heterocycles. The lowest BCUT2D eigenvalue weighted by atomic mass is 9.85. The van der Waals surface area contributed by atoms with E-state index in [1.54, 1.807) is 41.2 Å². The molecular formula is C18H18FN5O3. The van der Waals surface area contributed by atoms with Crippen molar-refractivity contribution in [2.24, 2.45) is 7.05 Å². The molecule has 1 aliphatic rings. The van der Waals surface area contributed by atoms with E-state index in [-0.39, 0.29) is 43.1 Å². The third kappa shape index (κ3) is 3.21. The third-order valence-corrected chi connectivity index (χ3v) is 4.86. The summed E-state index contributed by atoms with van der Waals surface area (Å²) in [5, 5.41) is 18.7. The van der Waals surface area contributed by atoms with Crippen LogP contribution in [0, 0.1) is 5.95 Å². The number of amides is 1. The zero-order chi connectivity index (χ0) is 19.0. The number of pyridine rings is 1. The maximum Gasteiger partial charge on any atom is 0.276 e. The van der Waals surface area contributed by atoms with E-state index < -0.39 is 11.5 Å². The molecule has 1 N–H and O–H groups in total. The van der Waals surface area contributed by atoms with Gasteiger partial charge in [0.1, 0.15) is 0 Å². The lowest BCUT2D eigenvalue weighted by molar-refractivity contribution is -0.0242. The number of carbonyl (C=O) groups excluding carboxylic acids is 1. The smallest absolute Gasteiger partial charge is 0.276 e. The molecule has 1 saturated heterocycles. The molecule has 3 aromatic rings. The molecule has 4 heterocycles. The van der Waals surface area contributed by atoms with Gasteiger partial charge in [-0.1, -0.05) is 11.2 Å². The van der Waals surface area contributed by atoms with E-state index >= 15 is 0 Å². The minimum Gasteiger partial charge on any atom is -0.385 e. The van der Waals surface area contributed by atoms with Crippen molar-refractivity contribution in [1.82, 2.24) is 24.8 Å². The Morgan fingerprint density at radius 3 is 2.81 bits per heavy atom. The van der Waals surface area contributed by atoms with Crippen molar-refractivity contribution in [2.75, 3.05) is 13.1 Å². The Bertz CT molecular complexity index is 975. The Balaban J connectivity index is 1.46. The first kappa shape index (κ1) is 17.3. The average Bonchev–Trinajstić information content (AvgIpc) is 3.31. The van der Waals surface area contributed by atoms with Crippen molar-refractivity contribution in [3.05, 3.63) is 54.0 Å². The van der Waals surface area contributed by atoms with E-state index in [2.05, 4.69) is 15.2 Å². The molecule has 9 heteroatoms. The van der Waals surface area contributed by atoms with E-state index in [4.69, 9.17) is 4.52 Å². The monoisotopic (exact) mass is 371 g/mol. The number of likely N-dealkylation sites (tertiary alicyclic amines) is 1.